The fourth-order valence-electron chi connectivity index (χ4n) is 3.13. The molecule has 1 aromatic carbocycles. The zero-order valence-corrected chi connectivity index (χ0v) is 16.3. The molecule has 0 radical (unpaired) electrons. The van der Waals surface area contributed by atoms with Gasteiger partial charge in [-0.1, -0.05) is 20.3 Å². The predicted molar refractivity (Wildman–Crippen MR) is 95.9 cm³/mol. The van der Waals surface area contributed by atoms with E-state index in [1.807, 2.05) is 6.92 Å². The Morgan fingerprint density at radius 1 is 1.29 bits per heavy atom. The molecule has 1 aliphatic carbocycles. The van der Waals surface area contributed by atoms with Crippen molar-refractivity contribution in [3.8, 4) is 5.75 Å². The molecule has 1 unspecified atom stereocenters. The van der Waals surface area contributed by atoms with E-state index >= 15 is 0 Å². The third-order valence-electron chi connectivity index (χ3n) is 4.15. The Kier molecular flexibility index (Phi) is 6.15. The lowest BCUT2D eigenvalue weighted by molar-refractivity contribution is 0.198. The fraction of sp³-hybridized carbons (Fsp3) is 0.647. The van der Waals surface area contributed by atoms with Crippen LogP contribution in [-0.2, 0) is 6.54 Å². The summed E-state index contributed by atoms with van der Waals surface area (Å²) in [5.41, 5.74) is 1.76. The average molecular weight is 419 g/mol. The molecule has 2 nitrogen and oxygen atoms in total. The summed E-state index contributed by atoms with van der Waals surface area (Å²) < 4.78 is 7.66. The molecule has 0 aliphatic heterocycles. The van der Waals surface area contributed by atoms with Crippen molar-refractivity contribution in [2.75, 3.05) is 6.61 Å². The number of rotatable bonds is 5. The molecule has 0 spiro atoms. The van der Waals surface area contributed by atoms with E-state index < -0.39 is 0 Å². The fourth-order valence-corrected chi connectivity index (χ4v) is 4.64. The first-order valence-electron chi connectivity index (χ1n) is 7.75. The molecule has 0 saturated heterocycles. The maximum atomic E-state index is 5.63. The van der Waals surface area contributed by atoms with Crippen LogP contribution in [0.15, 0.2) is 21.1 Å². The van der Waals surface area contributed by atoms with Crippen LogP contribution in [0.5, 0.6) is 5.75 Å². The third-order valence-corrected chi connectivity index (χ3v) is 5.32. The maximum Gasteiger partial charge on any atom is 0.147 e. The number of ether oxygens (including phenoxy) is 1. The molecule has 0 amide bonds. The lowest BCUT2D eigenvalue weighted by atomic mass is 9.75. The molecule has 2 rings (SSSR count). The second-order valence-corrected chi connectivity index (χ2v) is 8.37. The highest BCUT2D eigenvalue weighted by Crippen LogP contribution is 2.36. The lowest BCUT2D eigenvalue weighted by Gasteiger charge is -2.35. The minimum Gasteiger partial charge on any atom is -0.492 e. The molecule has 1 aliphatic rings. The minimum absolute atomic E-state index is 0.482. The highest BCUT2D eigenvalue weighted by atomic mass is 79.9. The summed E-state index contributed by atoms with van der Waals surface area (Å²) in [6.45, 7) is 8.34. The van der Waals surface area contributed by atoms with Gasteiger partial charge in [-0.25, -0.2) is 0 Å². The van der Waals surface area contributed by atoms with E-state index in [2.05, 4.69) is 63.2 Å². The molecule has 1 aromatic rings. The monoisotopic (exact) mass is 417 g/mol. The van der Waals surface area contributed by atoms with E-state index in [1.165, 1.54) is 31.2 Å². The van der Waals surface area contributed by atoms with Gasteiger partial charge in [0.05, 0.1) is 15.6 Å². The van der Waals surface area contributed by atoms with E-state index in [1.54, 1.807) is 0 Å². The van der Waals surface area contributed by atoms with Gasteiger partial charge < -0.3 is 10.1 Å². The quantitative estimate of drug-likeness (QED) is 0.665. The summed E-state index contributed by atoms with van der Waals surface area (Å²) in [5, 5.41) is 3.72. The summed E-state index contributed by atoms with van der Waals surface area (Å²) in [6.07, 6.45) is 5.25. The van der Waals surface area contributed by atoms with Gasteiger partial charge in [-0.2, -0.15) is 0 Å². The van der Waals surface area contributed by atoms with Crippen molar-refractivity contribution in [2.24, 2.45) is 5.41 Å². The second-order valence-electron chi connectivity index (χ2n) is 6.66. The van der Waals surface area contributed by atoms with Crippen LogP contribution in [0.1, 0.15) is 52.0 Å². The highest BCUT2D eigenvalue weighted by molar-refractivity contribution is 9.11. The molecular formula is C17H25Br2NO. The molecule has 0 aromatic heterocycles. The molecule has 1 fully saturated rings. The van der Waals surface area contributed by atoms with Gasteiger partial charge in [0.25, 0.3) is 0 Å². The summed E-state index contributed by atoms with van der Waals surface area (Å²) in [4.78, 5) is 0. The summed E-state index contributed by atoms with van der Waals surface area (Å²) in [6, 6.07) is 4.94. The van der Waals surface area contributed by atoms with E-state index in [0.717, 1.165) is 21.2 Å². The van der Waals surface area contributed by atoms with Gasteiger partial charge in [0.15, 0.2) is 0 Å². The van der Waals surface area contributed by atoms with Crippen LogP contribution < -0.4 is 10.1 Å². The second kappa shape index (κ2) is 7.47. The standard InChI is InChI=1S/C17H25Br2NO/c1-4-21-16-14(18)8-12(9-15(16)19)11-20-13-6-5-7-17(2,3)10-13/h8-9,13,20H,4-7,10-11H2,1-3H3. The highest BCUT2D eigenvalue weighted by Gasteiger charge is 2.27. The molecular weight excluding hydrogens is 394 g/mol. The van der Waals surface area contributed by atoms with Crippen molar-refractivity contribution in [3.63, 3.8) is 0 Å². The van der Waals surface area contributed by atoms with Crippen molar-refractivity contribution in [1.29, 1.82) is 0 Å². The number of benzene rings is 1. The number of nitrogens with one attached hydrogen (secondary N) is 1. The number of halogens is 2. The Bertz CT molecular complexity index is 465. The first-order chi connectivity index (χ1) is 9.91. The summed E-state index contributed by atoms with van der Waals surface area (Å²) in [5.74, 6) is 0.889. The smallest absolute Gasteiger partial charge is 0.147 e. The van der Waals surface area contributed by atoms with Crippen molar-refractivity contribution in [1.82, 2.24) is 5.32 Å². The third kappa shape index (κ3) is 4.97. The first-order valence-corrected chi connectivity index (χ1v) is 9.34. The molecule has 1 N–H and O–H groups in total. The SMILES string of the molecule is CCOc1c(Br)cc(CNC2CCCC(C)(C)C2)cc1Br. The Labute approximate surface area is 145 Å². The topological polar surface area (TPSA) is 21.3 Å². The van der Waals surface area contributed by atoms with Gasteiger partial charge in [0.2, 0.25) is 0 Å². The van der Waals surface area contributed by atoms with Crippen molar-refractivity contribution in [2.45, 2.75) is 59.0 Å². The summed E-state index contributed by atoms with van der Waals surface area (Å²) >= 11 is 7.20. The van der Waals surface area contributed by atoms with Gasteiger partial charge in [-0.3, -0.25) is 0 Å². The van der Waals surface area contributed by atoms with Crippen LogP contribution in [0.4, 0.5) is 0 Å². The summed E-state index contributed by atoms with van der Waals surface area (Å²) in [7, 11) is 0. The van der Waals surface area contributed by atoms with Crippen LogP contribution in [0.3, 0.4) is 0 Å². The Balaban J connectivity index is 1.97. The van der Waals surface area contributed by atoms with Gasteiger partial charge in [0, 0.05) is 12.6 Å². The molecule has 1 atom stereocenters. The molecule has 21 heavy (non-hydrogen) atoms. The van der Waals surface area contributed by atoms with Crippen LogP contribution in [0, 0.1) is 5.41 Å². The van der Waals surface area contributed by atoms with Crippen molar-refractivity contribution < 1.29 is 4.74 Å². The van der Waals surface area contributed by atoms with Crippen LogP contribution in [-0.4, -0.2) is 12.6 Å². The lowest BCUT2D eigenvalue weighted by Crippen LogP contribution is -2.36. The molecule has 0 heterocycles. The van der Waals surface area contributed by atoms with Crippen molar-refractivity contribution >= 4 is 31.9 Å². The average Bonchev–Trinajstić information content (AvgIpc) is 2.39. The largest absolute Gasteiger partial charge is 0.492 e. The number of hydrogen-bond acceptors (Lipinski definition) is 2. The van der Waals surface area contributed by atoms with E-state index in [0.29, 0.717) is 18.1 Å². The molecule has 118 valence electrons. The van der Waals surface area contributed by atoms with Crippen LogP contribution >= 0.6 is 31.9 Å². The van der Waals surface area contributed by atoms with Crippen LogP contribution in [0.25, 0.3) is 0 Å². The molecule has 1 saturated carbocycles. The van der Waals surface area contributed by atoms with E-state index in [-0.39, 0.29) is 0 Å². The van der Waals surface area contributed by atoms with Gasteiger partial charge in [-0.15, -0.1) is 0 Å². The number of hydrogen-bond donors (Lipinski definition) is 1. The first kappa shape index (κ1) is 17.3. The zero-order valence-electron chi connectivity index (χ0n) is 13.1. The van der Waals surface area contributed by atoms with Crippen molar-refractivity contribution in [3.05, 3.63) is 26.6 Å². The maximum absolute atomic E-state index is 5.63. The molecule has 0 bridgehead atoms. The van der Waals surface area contributed by atoms with Gasteiger partial charge in [-0.05, 0) is 81.2 Å². The van der Waals surface area contributed by atoms with Gasteiger partial charge in [0.1, 0.15) is 5.75 Å². The zero-order chi connectivity index (χ0) is 15.5. The Morgan fingerprint density at radius 2 is 1.95 bits per heavy atom. The van der Waals surface area contributed by atoms with E-state index in [9.17, 15) is 0 Å². The normalized spacial score (nSPS) is 21.3. The predicted octanol–water partition coefficient (Wildman–Crippen LogP) is 5.67. The van der Waals surface area contributed by atoms with E-state index in [4.69, 9.17) is 4.74 Å². The Morgan fingerprint density at radius 3 is 2.52 bits per heavy atom. The minimum atomic E-state index is 0.482. The molecule has 4 heteroatoms. The van der Waals surface area contributed by atoms with Gasteiger partial charge >= 0.3 is 0 Å². The Hall–Kier alpha value is -0.0600. The van der Waals surface area contributed by atoms with Crippen LogP contribution in [0.2, 0.25) is 0 Å².